The molecule has 0 bridgehead atoms. The molecule has 0 aliphatic heterocycles. The lowest BCUT2D eigenvalue weighted by molar-refractivity contribution is 0.722. The summed E-state index contributed by atoms with van der Waals surface area (Å²) in [6.07, 6.45) is 4.86. The van der Waals surface area contributed by atoms with E-state index >= 15 is 0 Å². The molecule has 2 N–H and O–H groups in total. The Balaban J connectivity index is 1.92. The zero-order valence-electron chi connectivity index (χ0n) is 10.00. The SMILES string of the molecule is C[C@@H](NC(=S)Nc1cnccn1)c1ccccc1. The second-order valence-electron chi connectivity index (χ2n) is 3.82. The van der Waals surface area contributed by atoms with Crippen molar-refractivity contribution in [2.75, 3.05) is 5.32 Å². The number of hydrogen-bond donors (Lipinski definition) is 2. The first kappa shape index (κ1) is 12.4. The number of nitrogens with one attached hydrogen (secondary N) is 2. The maximum atomic E-state index is 5.22. The molecule has 5 heteroatoms. The summed E-state index contributed by atoms with van der Waals surface area (Å²) >= 11 is 5.22. The van der Waals surface area contributed by atoms with Gasteiger partial charge in [-0.2, -0.15) is 0 Å². The van der Waals surface area contributed by atoms with Crippen LogP contribution in [-0.4, -0.2) is 15.1 Å². The fourth-order valence-corrected chi connectivity index (χ4v) is 1.82. The minimum atomic E-state index is 0.142. The standard InChI is InChI=1S/C13H14N4S/c1-10(11-5-3-2-4-6-11)16-13(18)17-12-9-14-7-8-15-12/h2-10H,1H3,(H2,15,16,17,18)/t10-/m1/s1. The third kappa shape index (κ3) is 3.49. The average Bonchev–Trinajstić information content (AvgIpc) is 2.40. The molecule has 1 aromatic carbocycles. The summed E-state index contributed by atoms with van der Waals surface area (Å²) in [4.78, 5) is 8.06. The van der Waals surface area contributed by atoms with Crippen LogP contribution in [0.25, 0.3) is 0 Å². The van der Waals surface area contributed by atoms with Gasteiger partial charge in [0.25, 0.3) is 0 Å². The van der Waals surface area contributed by atoms with Gasteiger partial charge in [-0.25, -0.2) is 4.98 Å². The molecule has 0 radical (unpaired) electrons. The number of hydrogen-bond acceptors (Lipinski definition) is 3. The number of nitrogens with zero attached hydrogens (tertiary/aromatic N) is 2. The van der Waals surface area contributed by atoms with Gasteiger partial charge in [0.1, 0.15) is 0 Å². The van der Waals surface area contributed by atoms with Crippen molar-refractivity contribution in [3.05, 3.63) is 54.5 Å². The summed E-state index contributed by atoms with van der Waals surface area (Å²) in [5.74, 6) is 0.635. The van der Waals surface area contributed by atoms with Crippen molar-refractivity contribution in [2.24, 2.45) is 0 Å². The molecule has 0 aliphatic rings. The van der Waals surface area contributed by atoms with Crippen LogP contribution in [0.4, 0.5) is 5.82 Å². The van der Waals surface area contributed by atoms with Crippen LogP contribution in [0.5, 0.6) is 0 Å². The van der Waals surface area contributed by atoms with E-state index < -0.39 is 0 Å². The Morgan fingerprint density at radius 1 is 1.22 bits per heavy atom. The molecule has 2 rings (SSSR count). The summed E-state index contributed by atoms with van der Waals surface area (Å²) in [6, 6.07) is 10.3. The van der Waals surface area contributed by atoms with Gasteiger partial charge in [0.15, 0.2) is 10.9 Å². The molecule has 0 saturated carbocycles. The highest BCUT2D eigenvalue weighted by Gasteiger charge is 2.06. The molecule has 92 valence electrons. The van der Waals surface area contributed by atoms with E-state index in [-0.39, 0.29) is 6.04 Å². The average molecular weight is 258 g/mol. The molecular weight excluding hydrogens is 244 g/mol. The molecule has 4 nitrogen and oxygen atoms in total. The molecule has 0 saturated heterocycles. The van der Waals surface area contributed by atoms with Gasteiger partial charge >= 0.3 is 0 Å². The van der Waals surface area contributed by atoms with Crippen molar-refractivity contribution in [3.63, 3.8) is 0 Å². The van der Waals surface area contributed by atoms with E-state index in [4.69, 9.17) is 12.2 Å². The van der Waals surface area contributed by atoms with Crippen molar-refractivity contribution < 1.29 is 0 Å². The van der Waals surface area contributed by atoms with Crippen molar-refractivity contribution in [2.45, 2.75) is 13.0 Å². The third-order valence-electron chi connectivity index (χ3n) is 2.45. The van der Waals surface area contributed by atoms with E-state index in [1.54, 1.807) is 18.6 Å². The van der Waals surface area contributed by atoms with Crippen LogP contribution in [0.15, 0.2) is 48.9 Å². The summed E-state index contributed by atoms with van der Waals surface area (Å²) in [5.41, 5.74) is 1.18. The summed E-state index contributed by atoms with van der Waals surface area (Å²) < 4.78 is 0. The number of anilines is 1. The molecular formula is C13H14N4S. The highest BCUT2D eigenvalue weighted by Crippen LogP contribution is 2.11. The highest BCUT2D eigenvalue weighted by molar-refractivity contribution is 7.80. The molecule has 0 aliphatic carbocycles. The number of thiocarbonyl (C=S) groups is 1. The van der Waals surface area contributed by atoms with Crippen molar-refractivity contribution in [3.8, 4) is 0 Å². The van der Waals surface area contributed by atoms with Gasteiger partial charge in [-0.15, -0.1) is 0 Å². The van der Waals surface area contributed by atoms with Crippen LogP contribution in [0.1, 0.15) is 18.5 Å². The van der Waals surface area contributed by atoms with Gasteiger partial charge in [0.2, 0.25) is 0 Å². The first-order valence-electron chi connectivity index (χ1n) is 5.64. The normalized spacial score (nSPS) is 11.6. The van der Waals surface area contributed by atoms with Crippen LogP contribution in [0.3, 0.4) is 0 Å². The van der Waals surface area contributed by atoms with E-state index in [0.29, 0.717) is 10.9 Å². The van der Waals surface area contributed by atoms with E-state index in [9.17, 15) is 0 Å². The van der Waals surface area contributed by atoms with E-state index in [1.807, 2.05) is 18.2 Å². The predicted molar refractivity (Wildman–Crippen MR) is 76.2 cm³/mol. The Kier molecular flexibility index (Phi) is 4.20. The first-order chi connectivity index (χ1) is 8.75. The first-order valence-corrected chi connectivity index (χ1v) is 6.05. The fourth-order valence-electron chi connectivity index (χ4n) is 1.54. The van der Waals surface area contributed by atoms with Crippen LogP contribution in [-0.2, 0) is 0 Å². The Morgan fingerprint density at radius 2 is 2.00 bits per heavy atom. The van der Waals surface area contributed by atoms with E-state index in [2.05, 4.69) is 39.7 Å². The van der Waals surface area contributed by atoms with Crippen LogP contribution in [0.2, 0.25) is 0 Å². The molecule has 0 amide bonds. The highest BCUT2D eigenvalue weighted by atomic mass is 32.1. The van der Waals surface area contributed by atoms with Crippen LogP contribution < -0.4 is 10.6 Å². The Hall–Kier alpha value is -2.01. The van der Waals surface area contributed by atoms with Crippen LogP contribution in [0, 0.1) is 0 Å². The van der Waals surface area contributed by atoms with E-state index in [0.717, 1.165) is 0 Å². The largest absolute Gasteiger partial charge is 0.356 e. The van der Waals surface area contributed by atoms with Crippen molar-refractivity contribution >= 4 is 23.1 Å². The fraction of sp³-hybridized carbons (Fsp3) is 0.154. The zero-order chi connectivity index (χ0) is 12.8. The van der Waals surface area contributed by atoms with Gasteiger partial charge in [-0.05, 0) is 24.7 Å². The Labute approximate surface area is 111 Å². The lowest BCUT2D eigenvalue weighted by Crippen LogP contribution is -2.31. The minimum Gasteiger partial charge on any atom is -0.356 e. The second-order valence-corrected chi connectivity index (χ2v) is 4.23. The predicted octanol–water partition coefficient (Wildman–Crippen LogP) is 2.52. The third-order valence-corrected chi connectivity index (χ3v) is 2.67. The molecule has 1 aromatic heterocycles. The van der Waals surface area contributed by atoms with Crippen molar-refractivity contribution in [1.29, 1.82) is 0 Å². The molecule has 18 heavy (non-hydrogen) atoms. The molecule has 1 heterocycles. The molecule has 0 spiro atoms. The molecule has 0 unspecified atom stereocenters. The Bertz CT molecular complexity index is 501. The smallest absolute Gasteiger partial charge is 0.172 e. The molecule has 0 fully saturated rings. The zero-order valence-corrected chi connectivity index (χ0v) is 10.8. The monoisotopic (exact) mass is 258 g/mol. The van der Waals surface area contributed by atoms with Gasteiger partial charge in [0.05, 0.1) is 12.2 Å². The molecule has 2 aromatic rings. The topological polar surface area (TPSA) is 49.8 Å². The summed E-state index contributed by atoms with van der Waals surface area (Å²) in [5, 5.41) is 6.72. The second kappa shape index (κ2) is 6.07. The van der Waals surface area contributed by atoms with Gasteiger partial charge in [-0.1, -0.05) is 30.3 Å². The lowest BCUT2D eigenvalue weighted by atomic mass is 10.1. The van der Waals surface area contributed by atoms with E-state index in [1.165, 1.54) is 5.56 Å². The summed E-state index contributed by atoms with van der Waals surface area (Å²) in [7, 11) is 0. The quantitative estimate of drug-likeness (QED) is 0.829. The van der Waals surface area contributed by atoms with Crippen LogP contribution >= 0.6 is 12.2 Å². The number of benzene rings is 1. The van der Waals surface area contributed by atoms with Gasteiger partial charge < -0.3 is 10.6 Å². The summed E-state index contributed by atoms with van der Waals surface area (Å²) in [6.45, 7) is 2.06. The lowest BCUT2D eigenvalue weighted by Gasteiger charge is -2.16. The number of rotatable bonds is 3. The maximum absolute atomic E-state index is 5.22. The van der Waals surface area contributed by atoms with Gasteiger partial charge in [-0.3, -0.25) is 4.98 Å². The molecule has 1 atom stereocenters. The minimum absolute atomic E-state index is 0.142. The number of aromatic nitrogens is 2. The maximum Gasteiger partial charge on any atom is 0.172 e. The Morgan fingerprint density at radius 3 is 2.67 bits per heavy atom. The van der Waals surface area contributed by atoms with Gasteiger partial charge in [0, 0.05) is 12.4 Å². The van der Waals surface area contributed by atoms with Crippen molar-refractivity contribution in [1.82, 2.24) is 15.3 Å².